The minimum atomic E-state index is -0.232. The van der Waals surface area contributed by atoms with Crippen molar-refractivity contribution < 1.29 is 9.53 Å². The molecule has 0 aliphatic heterocycles. The summed E-state index contributed by atoms with van der Waals surface area (Å²) < 4.78 is 5.02. The van der Waals surface area contributed by atoms with Gasteiger partial charge in [-0.3, -0.25) is 4.79 Å². The number of nitrogens with one attached hydrogen (secondary N) is 1. The molecule has 1 atom stereocenters. The summed E-state index contributed by atoms with van der Waals surface area (Å²) in [5.74, 6) is 5.58. The second kappa shape index (κ2) is 8.25. The molecule has 5 heteroatoms. The van der Waals surface area contributed by atoms with Crippen LogP contribution in [0.25, 0.3) is 0 Å². The second-order valence-electron chi connectivity index (χ2n) is 4.18. The summed E-state index contributed by atoms with van der Waals surface area (Å²) in [7, 11) is 1.64. The molecule has 1 heterocycles. The Morgan fingerprint density at radius 2 is 2.42 bits per heavy atom. The zero-order valence-corrected chi connectivity index (χ0v) is 11.3. The number of carbonyl (C=O) groups excluding carboxylic acids is 1. The normalized spacial score (nSPS) is 11.3. The Hall–Kier alpha value is -1.90. The molecule has 0 spiro atoms. The summed E-state index contributed by atoms with van der Waals surface area (Å²) in [4.78, 5) is 16.1. The molecule has 1 unspecified atom stereocenters. The van der Waals surface area contributed by atoms with Crippen molar-refractivity contribution in [1.82, 2.24) is 10.3 Å². The van der Waals surface area contributed by atoms with Gasteiger partial charge in [0.15, 0.2) is 0 Å². The fourth-order valence-corrected chi connectivity index (χ4v) is 1.53. The van der Waals surface area contributed by atoms with E-state index in [1.807, 2.05) is 6.92 Å². The maximum absolute atomic E-state index is 12.0. The average molecular weight is 261 g/mol. The number of hydrogen-bond acceptors (Lipinski definition) is 4. The molecule has 102 valence electrons. The zero-order chi connectivity index (χ0) is 14.1. The molecule has 1 rings (SSSR count). The van der Waals surface area contributed by atoms with Gasteiger partial charge < -0.3 is 15.8 Å². The van der Waals surface area contributed by atoms with Crippen LogP contribution in [-0.4, -0.2) is 37.7 Å². The Balaban J connectivity index is 2.71. The van der Waals surface area contributed by atoms with E-state index in [1.165, 1.54) is 0 Å². The highest BCUT2D eigenvalue weighted by atomic mass is 16.5. The Kier molecular flexibility index (Phi) is 6.58. The molecule has 19 heavy (non-hydrogen) atoms. The first-order chi connectivity index (χ1) is 9.19. The van der Waals surface area contributed by atoms with Gasteiger partial charge in [0.1, 0.15) is 5.69 Å². The number of nitrogens with two attached hydrogens (primary N) is 1. The van der Waals surface area contributed by atoms with Crippen molar-refractivity contribution in [3.05, 3.63) is 29.6 Å². The van der Waals surface area contributed by atoms with Crippen LogP contribution in [0.2, 0.25) is 0 Å². The van der Waals surface area contributed by atoms with Crippen LogP contribution in [0.5, 0.6) is 0 Å². The van der Waals surface area contributed by atoms with E-state index in [1.54, 1.807) is 25.4 Å². The van der Waals surface area contributed by atoms with Crippen LogP contribution in [0.15, 0.2) is 18.3 Å². The summed E-state index contributed by atoms with van der Waals surface area (Å²) in [6, 6.07) is 3.49. The minimum absolute atomic E-state index is 0.232. The zero-order valence-electron chi connectivity index (χ0n) is 11.3. The highest BCUT2D eigenvalue weighted by molar-refractivity contribution is 5.94. The number of rotatable bonds is 5. The molecule has 0 aliphatic rings. The van der Waals surface area contributed by atoms with Crippen LogP contribution < -0.4 is 11.1 Å². The second-order valence-corrected chi connectivity index (χ2v) is 4.18. The molecule has 0 aliphatic carbocycles. The molecule has 0 fully saturated rings. The summed E-state index contributed by atoms with van der Waals surface area (Å²) in [5, 5.41) is 2.82. The Bertz CT molecular complexity index is 477. The Morgan fingerprint density at radius 1 is 1.63 bits per heavy atom. The monoisotopic (exact) mass is 261 g/mol. The van der Waals surface area contributed by atoms with E-state index in [-0.39, 0.29) is 18.4 Å². The smallest absolute Gasteiger partial charge is 0.271 e. The Morgan fingerprint density at radius 3 is 3.11 bits per heavy atom. The van der Waals surface area contributed by atoms with Gasteiger partial charge in [0, 0.05) is 19.9 Å². The van der Waals surface area contributed by atoms with Gasteiger partial charge in [-0.25, -0.2) is 4.98 Å². The number of aromatic nitrogens is 1. The lowest BCUT2D eigenvalue weighted by molar-refractivity contribution is 0.0929. The molecule has 0 bridgehead atoms. The van der Waals surface area contributed by atoms with E-state index in [4.69, 9.17) is 10.5 Å². The first kappa shape index (κ1) is 15.2. The van der Waals surface area contributed by atoms with Crippen molar-refractivity contribution in [3.8, 4) is 11.8 Å². The molecule has 3 N–H and O–H groups in total. The number of pyridine rings is 1. The van der Waals surface area contributed by atoms with Gasteiger partial charge >= 0.3 is 0 Å². The van der Waals surface area contributed by atoms with Crippen LogP contribution in [0.4, 0.5) is 0 Å². The van der Waals surface area contributed by atoms with E-state index in [2.05, 4.69) is 22.1 Å². The van der Waals surface area contributed by atoms with E-state index in [0.29, 0.717) is 24.4 Å². The standard InChI is InChI=1S/C14H19N3O2/c1-11(10-19-2)9-17-14(18)13-12(5-3-7-15)6-4-8-16-13/h4,6,8,11H,7,9-10,15H2,1-2H3,(H,17,18). The van der Waals surface area contributed by atoms with Crippen molar-refractivity contribution in [2.75, 3.05) is 26.8 Å². The SMILES string of the molecule is COCC(C)CNC(=O)c1ncccc1C#CCN. The van der Waals surface area contributed by atoms with Crippen molar-refractivity contribution in [2.45, 2.75) is 6.92 Å². The molecule has 5 nitrogen and oxygen atoms in total. The topological polar surface area (TPSA) is 77.2 Å². The quantitative estimate of drug-likeness (QED) is 0.752. The maximum Gasteiger partial charge on any atom is 0.271 e. The van der Waals surface area contributed by atoms with Gasteiger partial charge in [-0.1, -0.05) is 18.8 Å². The minimum Gasteiger partial charge on any atom is -0.384 e. The van der Waals surface area contributed by atoms with E-state index in [0.717, 1.165) is 0 Å². The van der Waals surface area contributed by atoms with Gasteiger partial charge in [-0.05, 0) is 18.1 Å². The predicted molar refractivity (Wildman–Crippen MR) is 73.5 cm³/mol. The van der Waals surface area contributed by atoms with Crippen molar-refractivity contribution >= 4 is 5.91 Å². The van der Waals surface area contributed by atoms with Crippen LogP contribution >= 0.6 is 0 Å². The van der Waals surface area contributed by atoms with Crippen LogP contribution in [0.3, 0.4) is 0 Å². The largest absolute Gasteiger partial charge is 0.384 e. The van der Waals surface area contributed by atoms with Crippen molar-refractivity contribution in [3.63, 3.8) is 0 Å². The molecule has 0 saturated carbocycles. The van der Waals surface area contributed by atoms with Crippen LogP contribution in [-0.2, 0) is 4.74 Å². The number of carbonyl (C=O) groups is 1. The number of amides is 1. The predicted octanol–water partition coefficient (Wildman–Crippen LogP) is 0.404. The van der Waals surface area contributed by atoms with Gasteiger partial charge in [0.2, 0.25) is 0 Å². The van der Waals surface area contributed by atoms with Crippen molar-refractivity contribution in [2.24, 2.45) is 11.7 Å². The van der Waals surface area contributed by atoms with Crippen LogP contribution in [0.1, 0.15) is 23.0 Å². The average Bonchev–Trinajstić information content (AvgIpc) is 2.43. The summed E-state index contributed by atoms with van der Waals surface area (Å²) in [5.41, 5.74) is 6.24. The molecule has 1 amide bonds. The molecular weight excluding hydrogens is 242 g/mol. The highest BCUT2D eigenvalue weighted by Gasteiger charge is 2.12. The molecule has 0 radical (unpaired) electrons. The first-order valence-electron chi connectivity index (χ1n) is 6.10. The number of ether oxygens (including phenoxy) is 1. The number of methoxy groups -OCH3 is 1. The number of nitrogens with zero attached hydrogens (tertiary/aromatic N) is 1. The first-order valence-corrected chi connectivity index (χ1v) is 6.10. The molecule has 1 aromatic heterocycles. The van der Waals surface area contributed by atoms with Gasteiger partial charge in [0.25, 0.3) is 5.91 Å². The van der Waals surface area contributed by atoms with Gasteiger partial charge in [-0.2, -0.15) is 0 Å². The third-order valence-corrected chi connectivity index (χ3v) is 2.41. The summed E-state index contributed by atoms with van der Waals surface area (Å²) in [6.45, 7) is 3.38. The number of hydrogen-bond donors (Lipinski definition) is 2. The fourth-order valence-electron chi connectivity index (χ4n) is 1.53. The van der Waals surface area contributed by atoms with Crippen LogP contribution in [0, 0.1) is 17.8 Å². The summed E-state index contributed by atoms with van der Waals surface area (Å²) in [6.07, 6.45) is 1.57. The molecule has 0 saturated heterocycles. The lowest BCUT2D eigenvalue weighted by Crippen LogP contribution is -2.31. The fraction of sp³-hybridized carbons (Fsp3) is 0.429. The summed E-state index contributed by atoms with van der Waals surface area (Å²) >= 11 is 0. The Labute approximate surface area is 113 Å². The third-order valence-electron chi connectivity index (χ3n) is 2.41. The third kappa shape index (κ3) is 5.08. The van der Waals surface area contributed by atoms with E-state index < -0.39 is 0 Å². The highest BCUT2D eigenvalue weighted by Crippen LogP contribution is 2.04. The molecule has 1 aromatic rings. The lowest BCUT2D eigenvalue weighted by Gasteiger charge is -2.11. The molecule has 0 aromatic carbocycles. The van der Waals surface area contributed by atoms with E-state index >= 15 is 0 Å². The maximum atomic E-state index is 12.0. The molecular formula is C14H19N3O2. The lowest BCUT2D eigenvalue weighted by atomic mass is 10.1. The van der Waals surface area contributed by atoms with Gasteiger partial charge in [-0.15, -0.1) is 0 Å². The van der Waals surface area contributed by atoms with E-state index in [9.17, 15) is 4.79 Å². The van der Waals surface area contributed by atoms with Crippen molar-refractivity contribution in [1.29, 1.82) is 0 Å². The van der Waals surface area contributed by atoms with Gasteiger partial charge in [0.05, 0.1) is 18.7 Å².